The molecule has 6 nitrogen and oxygen atoms in total. The number of carbonyl (C=O) groups is 2. The van der Waals surface area contributed by atoms with Gasteiger partial charge in [-0.2, -0.15) is 0 Å². The lowest BCUT2D eigenvalue weighted by atomic mass is 10.1. The molecule has 0 spiro atoms. The summed E-state index contributed by atoms with van der Waals surface area (Å²) < 4.78 is 0. The lowest BCUT2D eigenvalue weighted by Crippen LogP contribution is -2.28. The summed E-state index contributed by atoms with van der Waals surface area (Å²) in [5.41, 5.74) is 7.79. The fraction of sp³-hybridized carbons (Fsp3) is 0.389. The molecule has 0 saturated carbocycles. The van der Waals surface area contributed by atoms with Gasteiger partial charge in [0.2, 0.25) is 5.91 Å². The predicted octanol–water partition coefficient (Wildman–Crippen LogP) is 2.68. The van der Waals surface area contributed by atoms with Gasteiger partial charge in [-0.25, -0.2) is 4.98 Å². The summed E-state index contributed by atoms with van der Waals surface area (Å²) in [5, 5.41) is 5.59. The van der Waals surface area contributed by atoms with Gasteiger partial charge in [-0.3, -0.25) is 9.59 Å². The summed E-state index contributed by atoms with van der Waals surface area (Å²) in [4.78, 5) is 30.4. The molecule has 1 aliphatic heterocycles. The first-order chi connectivity index (χ1) is 12.1. The summed E-state index contributed by atoms with van der Waals surface area (Å²) in [6, 6.07) is 7.59. The van der Waals surface area contributed by atoms with E-state index in [1.807, 2.05) is 31.2 Å². The topological polar surface area (TPSA) is 88.3 Å². The number of rotatable bonds is 6. The average Bonchev–Trinajstić information content (AvgIpc) is 3.24. The third kappa shape index (κ3) is 4.60. The molecule has 26 heavy (non-hydrogen) atoms. The van der Waals surface area contributed by atoms with Gasteiger partial charge in [-0.15, -0.1) is 23.7 Å². The minimum atomic E-state index is -0.199. The van der Waals surface area contributed by atoms with Crippen molar-refractivity contribution < 1.29 is 9.59 Å². The van der Waals surface area contributed by atoms with Gasteiger partial charge < -0.3 is 16.0 Å². The molecule has 1 aliphatic rings. The average molecular weight is 395 g/mol. The first-order valence-electron chi connectivity index (χ1n) is 8.44. The van der Waals surface area contributed by atoms with Gasteiger partial charge in [0, 0.05) is 30.5 Å². The van der Waals surface area contributed by atoms with E-state index in [-0.39, 0.29) is 30.3 Å². The Kier molecular flexibility index (Phi) is 7.14. The molecule has 3 rings (SSSR count). The predicted molar refractivity (Wildman–Crippen MR) is 106 cm³/mol. The van der Waals surface area contributed by atoms with Crippen molar-refractivity contribution in [2.45, 2.75) is 32.2 Å². The van der Waals surface area contributed by atoms with Crippen molar-refractivity contribution in [3.05, 3.63) is 45.9 Å². The van der Waals surface area contributed by atoms with Crippen LogP contribution < -0.4 is 16.0 Å². The zero-order chi connectivity index (χ0) is 17.8. The van der Waals surface area contributed by atoms with Crippen LogP contribution in [0.4, 0.5) is 5.69 Å². The summed E-state index contributed by atoms with van der Waals surface area (Å²) in [5.74, 6) is -0.0431. The lowest BCUT2D eigenvalue weighted by Gasteiger charge is -2.19. The Morgan fingerprint density at radius 2 is 2.27 bits per heavy atom. The van der Waals surface area contributed by atoms with Crippen LogP contribution in [0.5, 0.6) is 0 Å². The molecular formula is C18H23ClN4O2S. The number of nitrogens with two attached hydrogens (primary N) is 1. The van der Waals surface area contributed by atoms with E-state index in [0.717, 1.165) is 29.2 Å². The molecule has 1 fully saturated rings. The van der Waals surface area contributed by atoms with E-state index in [4.69, 9.17) is 5.73 Å². The molecule has 140 valence electrons. The quantitative estimate of drug-likeness (QED) is 0.788. The largest absolute Gasteiger partial charge is 0.344 e. The highest BCUT2D eigenvalue weighted by atomic mass is 35.5. The number of nitrogens with one attached hydrogen (secondary N) is 1. The number of thiazole rings is 1. The van der Waals surface area contributed by atoms with Gasteiger partial charge in [0.1, 0.15) is 5.69 Å². The summed E-state index contributed by atoms with van der Waals surface area (Å²) in [6.45, 7) is 3.20. The second-order valence-electron chi connectivity index (χ2n) is 6.10. The first kappa shape index (κ1) is 20.4. The Bertz CT molecular complexity index is 780. The molecule has 1 saturated heterocycles. The Hall–Kier alpha value is -1.96. The third-order valence-corrected chi connectivity index (χ3v) is 5.15. The number of amides is 2. The maximum atomic E-state index is 12.4. The fourth-order valence-electron chi connectivity index (χ4n) is 2.89. The van der Waals surface area contributed by atoms with Crippen LogP contribution in [0.25, 0.3) is 0 Å². The Morgan fingerprint density at radius 3 is 2.96 bits per heavy atom. The van der Waals surface area contributed by atoms with E-state index in [9.17, 15) is 9.59 Å². The third-order valence-electron chi connectivity index (χ3n) is 4.25. The Balaban J connectivity index is 0.00000243. The molecule has 1 aromatic carbocycles. The molecular weight excluding hydrogens is 372 g/mol. The minimum Gasteiger partial charge on any atom is -0.344 e. The Labute approximate surface area is 163 Å². The number of nitrogens with zero attached hydrogens (tertiary/aromatic N) is 2. The zero-order valence-electron chi connectivity index (χ0n) is 14.6. The van der Waals surface area contributed by atoms with E-state index in [1.165, 1.54) is 11.3 Å². The van der Waals surface area contributed by atoms with Gasteiger partial charge in [0.25, 0.3) is 5.91 Å². The van der Waals surface area contributed by atoms with Gasteiger partial charge in [0.15, 0.2) is 0 Å². The van der Waals surface area contributed by atoms with Crippen LogP contribution in [0.2, 0.25) is 0 Å². The number of carbonyl (C=O) groups excluding carboxylic acids is 2. The number of halogens is 1. The SMILES string of the molecule is CC(NC(=O)c1csc(CCN)n1)c1cccc(N2CCCC2=O)c1.Cl. The zero-order valence-corrected chi connectivity index (χ0v) is 16.2. The Morgan fingerprint density at radius 1 is 1.46 bits per heavy atom. The van der Waals surface area contributed by atoms with Crippen LogP contribution in [-0.4, -0.2) is 29.9 Å². The van der Waals surface area contributed by atoms with Crippen molar-refractivity contribution in [2.24, 2.45) is 5.73 Å². The molecule has 1 atom stereocenters. The van der Waals surface area contributed by atoms with Gasteiger partial charge >= 0.3 is 0 Å². The highest BCUT2D eigenvalue weighted by Crippen LogP contribution is 2.25. The van der Waals surface area contributed by atoms with E-state index >= 15 is 0 Å². The van der Waals surface area contributed by atoms with Crippen LogP contribution in [0.3, 0.4) is 0 Å². The lowest BCUT2D eigenvalue weighted by molar-refractivity contribution is -0.117. The second-order valence-corrected chi connectivity index (χ2v) is 7.05. The van der Waals surface area contributed by atoms with Crippen molar-refractivity contribution in [3.63, 3.8) is 0 Å². The van der Waals surface area contributed by atoms with Crippen molar-refractivity contribution in [3.8, 4) is 0 Å². The molecule has 3 N–H and O–H groups in total. The normalized spacial score (nSPS) is 14.8. The molecule has 0 radical (unpaired) electrons. The highest BCUT2D eigenvalue weighted by Gasteiger charge is 2.22. The van der Waals surface area contributed by atoms with Crippen LogP contribution in [0, 0.1) is 0 Å². The van der Waals surface area contributed by atoms with Crippen molar-refractivity contribution in [2.75, 3.05) is 18.0 Å². The number of hydrogen-bond donors (Lipinski definition) is 2. The molecule has 2 amide bonds. The number of benzene rings is 1. The molecule has 8 heteroatoms. The van der Waals surface area contributed by atoms with Crippen LogP contribution in [0.15, 0.2) is 29.6 Å². The summed E-state index contributed by atoms with van der Waals surface area (Å²) in [7, 11) is 0. The van der Waals surface area contributed by atoms with Gasteiger partial charge in [0.05, 0.1) is 11.0 Å². The fourth-order valence-corrected chi connectivity index (χ4v) is 3.68. The smallest absolute Gasteiger partial charge is 0.271 e. The first-order valence-corrected chi connectivity index (χ1v) is 9.32. The number of hydrogen-bond acceptors (Lipinski definition) is 5. The van der Waals surface area contributed by atoms with Gasteiger partial charge in [-0.1, -0.05) is 12.1 Å². The highest BCUT2D eigenvalue weighted by molar-refractivity contribution is 7.09. The second kappa shape index (κ2) is 9.12. The van der Waals surface area contributed by atoms with Crippen molar-refractivity contribution >= 4 is 41.2 Å². The molecule has 2 heterocycles. The maximum absolute atomic E-state index is 12.4. The van der Waals surface area contributed by atoms with Gasteiger partial charge in [-0.05, 0) is 37.6 Å². The van der Waals surface area contributed by atoms with Crippen LogP contribution in [0.1, 0.15) is 46.9 Å². The molecule has 1 aromatic heterocycles. The molecule has 0 bridgehead atoms. The standard InChI is InChI=1S/C18H22N4O2S.ClH/c1-12(20-18(24)15-11-25-16(21-15)7-8-19)13-4-2-5-14(10-13)22-9-3-6-17(22)23;/h2,4-5,10-12H,3,6-9,19H2,1H3,(H,20,24);1H. The summed E-state index contributed by atoms with van der Waals surface area (Å²) in [6.07, 6.45) is 2.18. The molecule has 1 unspecified atom stereocenters. The monoisotopic (exact) mass is 394 g/mol. The molecule has 2 aromatic rings. The maximum Gasteiger partial charge on any atom is 0.271 e. The molecule has 0 aliphatic carbocycles. The minimum absolute atomic E-state index is 0. The van der Waals surface area contributed by atoms with Crippen molar-refractivity contribution in [1.82, 2.24) is 10.3 Å². The van der Waals surface area contributed by atoms with E-state index in [1.54, 1.807) is 10.3 Å². The number of aromatic nitrogens is 1. The van der Waals surface area contributed by atoms with E-state index < -0.39 is 0 Å². The van der Waals surface area contributed by atoms with E-state index in [0.29, 0.717) is 25.1 Å². The van der Waals surface area contributed by atoms with E-state index in [2.05, 4.69) is 10.3 Å². The number of anilines is 1. The van der Waals surface area contributed by atoms with Crippen molar-refractivity contribution in [1.29, 1.82) is 0 Å². The van der Waals surface area contributed by atoms with Crippen LogP contribution in [-0.2, 0) is 11.2 Å². The van der Waals surface area contributed by atoms with Crippen LogP contribution >= 0.6 is 23.7 Å². The summed E-state index contributed by atoms with van der Waals surface area (Å²) >= 11 is 1.45.